The molecular weight excluding hydrogens is 239 g/mol. The van der Waals surface area contributed by atoms with E-state index < -0.39 is 0 Å². The van der Waals surface area contributed by atoms with Crippen LogP contribution in [0.15, 0.2) is 30.9 Å². The van der Waals surface area contributed by atoms with Crippen molar-refractivity contribution in [2.45, 2.75) is 33.2 Å². The van der Waals surface area contributed by atoms with Gasteiger partial charge in [0.25, 0.3) is 0 Å². The van der Waals surface area contributed by atoms with Gasteiger partial charge in [-0.25, -0.2) is 4.39 Å². The van der Waals surface area contributed by atoms with Gasteiger partial charge in [-0.15, -0.1) is 6.58 Å². The number of hydrogen-bond acceptors (Lipinski definition) is 2. The first-order chi connectivity index (χ1) is 9.13. The molecule has 0 aromatic heterocycles. The predicted octanol–water partition coefficient (Wildman–Crippen LogP) is 3.90. The Morgan fingerprint density at radius 3 is 2.68 bits per heavy atom. The smallest absolute Gasteiger partial charge is 0.146 e. The second-order valence-corrected chi connectivity index (χ2v) is 4.72. The molecule has 0 fully saturated rings. The van der Waals surface area contributed by atoms with Crippen LogP contribution in [0, 0.1) is 5.82 Å². The summed E-state index contributed by atoms with van der Waals surface area (Å²) in [5.41, 5.74) is 1.65. The summed E-state index contributed by atoms with van der Waals surface area (Å²) in [6.07, 6.45) is 2.80. The zero-order chi connectivity index (χ0) is 14.3. The lowest BCUT2D eigenvalue weighted by Gasteiger charge is -2.24. The van der Waals surface area contributed by atoms with Crippen molar-refractivity contribution >= 4 is 5.69 Å². The summed E-state index contributed by atoms with van der Waals surface area (Å²) in [5, 5.41) is 3.29. The molecular formula is C16H25FN2. The molecule has 1 unspecified atom stereocenters. The molecule has 0 saturated heterocycles. The molecule has 1 aromatic rings. The number of nitrogens with one attached hydrogen (secondary N) is 1. The van der Waals surface area contributed by atoms with Gasteiger partial charge in [-0.3, -0.25) is 0 Å². The molecule has 1 aromatic carbocycles. The van der Waals surface area contributed by atoms with Crippen molar-refractivity contribution in [3.63, 3.8) is 0 Å². The highest BCUT2D eigenvalue weighted by molar-refractivity contribution is 5.50. The van der Waals surface area contributed by atoms with Crippen molar-refractivity contribution < 1.29 is 4.39 Å². The average Bonchev–Trinajstić information content (AvgIpc) is 2.39. The lowest BCUT2D eigenvalue weighted by atomic mass is 10.1. The third-order valence-electron chi connectivity index (χ3n) is 3.17. The highest BCUT2D eigenvalue weighted by Crippen LogP contribution is 2.23. The molecule has 19 heavy (non-hydrogen) atoms. The fourth-order valence-corrected chi connectivity index (χ4v) is 2.21. The first-order valence-corrected chi connectivity index (χ1v) is 7.02. The normalized spacial score (nSPS) is 12.2. The molecule has 0 spiro atoms. The topological polar surface area (TPSA) is 15.3 Å². The van der Waals surface area contributed by atoms with Crippen LogP contribution in [0.2, 0.25) is 0 Å². The molecule has 0 saturated carbocycles. The second kappa shape index (κ2) is 7.95. The van der Waals surface area contributed by atoms with Crippen molar-refractivity contribution in [3.05, 3.63) is 42.2 Å². The van der Waals surface area contributed by atoms with Crippen LogP contribution in [0.4, 0.5) is 10.1 Å². The maximum Gasteiger partial charge on any atom is 0.146 e. The Kier molecular flexibility index (Phi) is 6.57. The van der Waals surface area contributed by atoms with Gasteiger partial charge in [-0.2, -0.15) is 0 Å². The van der Waals surface area contributed by atoms with Crippen LogP contribution in [-0.4, -0.2) is 19.6 Å². The minimum atomic E-state index is -0.155. The Balaban J connectivity index is 2.94. The van der Waals surface area contributed by atoms with Crippen LogP contribution in [0.5, 0.6) is 0 Å². The van der Waals surface area contributed by atoms with E-state index in [0.717, 1.165) is 25.1 Å². The molecule has 0 amide bonds. The van der Waals surface area contributed by atoms with Gasteiger partial charge in [0.1, 0.15) is 5.82 Å². The maximum absolute atomic E-state index is 14.2. The lowest BCUT2D eigenvalue weighted by molar-refractivity contribution is 0.581. The average molecular weight is 264 g/mol. The monoisotopic (exact) mass is 264 g/mol. The Labute approximate surface area is 116 Å². The number of rotatable bonds is 8. The van der Waals surface area contributed by atoms with E-state index in [9.17, 15) is 4.39 Å². The summed E-state index contributed by atoms with van der Waals surface area (Å²) < 4.78 is 14.2. The molecule has 0 aliphatic rings. The Morgan fingerprint density at radius 1 is 1.42 bits per heavy atom. The zero-order valence-electron chi connectivity index (χ0n) is 12.2. The third kappa shape index (κ3) is 4.35. The van der Waals surface area contributed by atoms with Crippen molar-refractivity contribution in [3.8, 4) is 0 Å². The summed E-state index contributed by atoms with van der Waals surface area (Å²) in [4.78, 5) is 2.02. The number of hydrogen-bond donors (Lipinski definition) is 1. The quantitative estimate of drug-likeness (QED) is 0.716. The van der Waals surface area contributed by atoms with Crippen molar-refractivity contribution in [1.82, 2.24) is 5.32 Å². The molecule has 0 aliphatic heterocycles. The molecule has 1 atom stereocenters. The molecule has 1 N–H and O–H groups in total. The van der Waals surface area contributed by atoms with Crippen LogP contribution in [0.1, 0.15) is 38.8 Å². The fourth-order valence-electron chi connectivity index (χ4n) is 2.21. The Bertz CT molecular complexity index is 404. The summed E-state index contributed by atoms with van der Waals surface area (Å²) in [6, 6.07) is 5.68. The van der Waals surface area contributed by atoms with Gasteiger partial charge in [0, 0.05) is 19.1 Å². The van der Waals surface area contributed by atoms with Gasteiger partial charge in [-0.1, -0.05) is 26.0 Å². The van der Waals surface area contributed by atoms with Crippen LogP contribution in [0.3, 0.4) is 0 Å². The first kappa shape index (κ1) is 15.7. The molecule has 0 bridgehead atoms. The number of anilines is 1. The van der Waals surface area contributed by atoms with Gasteiger partial charge in [0.05, 0.1) is 5.69 Å². The summed E-state index contributed by atoms with van der Waals surface area (Å²) in [7, 11) is 0. The van der Waals surface area contributed by atoms with Crippen molar-refractivity contribution in [2.24, 2.45) is 0 Å². The highest BCUT2D eigenvalue weighted by atomic mass is 19.1. The molecule has 0 heterocycles. The van der Waals surface area contributed by atoms with E-state index in [0.29, 0.717) is 12.2 Å². The van der Waals surface area contributed by atoms with Crippen LogP contribution in [0.25, 0.3) is 0 Å². The molecule has 106 valence electrons. The molecule has 0 aliphatic carbocycles. The van der Waals surface area contributed by atoms with Gasteiger partial charge >= 0.3 is 0 Å². The van der Waals surface area contributed by atoms with Crippen molar-refractivity contribution in [1.29, 1.82) is 0 Å². The largest absolute Gasteiger partial charge is 0.365 e. The summed E-state index contributed by atoms with van der Waals surface area (Å²) >= 11 is 0. The second-order valence-electron chi connectivity index (χ2n) is 4.72. The summed E-state index contributed by atoms with van der Waals surface area (Å²) in [5.74, 6) is -0.155. The van der Waals surface area contributed by atoms with E-state index in [2.05, 4.69) is 18.8 Å². The SMILES string of the molecule is C=CCN(CCC)c1ccc(C(C)NCC)cc1F. The zero-order valence-corrected chi connectivity index (χ0v) is 12.2. The van der Waals surface area contributed by atoms with E-state index in [-0.39, 0.29) is 11.9 Å². The molecule has 0 radical (unpaired) electrons. The van der Waals surface area contributed by atoms with E-state index >= 15 is 0 Å². The third-order valence-corrected chi connectivity index (χ3v) is 3.17. The number of nitrogens with zero attached hydrogens (tertiary/aromatic N) is 1. The van der Waals surface area contributed by atoms with Gasteiger partial charge in [-0.05, 0) is 37.6 Å². The maximum atomic E-state index is 14.2. The van der Waals surface area contributed by atoms with E-state index in [4.69, 9.17) is 0 Å². The van der Waals surface area contributed by atoms with Crippen LogP contribution >= 0.6 is 0 Å². The van der Waals surface area contributed by atoms with E-state index in [1.54, 1.807) is 6.07 Å². The molecule has 1 rings (SSSR count). The molecule has 2 nitrogen and oxygen atoms in total. The summed E-state index contributed by atoms with van der Waals surface area (Å²) in [6.45, 7) is 12.3. The lowest BCUT2D eigenvalue weighted by Crippen LogP contribution is -2.25. The fraction of sp³-hybridized carbons (Fsp3) is 0.500. The van der Waals surface area contributed by atoms with Crippen molar-refractivity contribution in [2.75, 3.05) is 24.5 Å². The Hall–Kier alpha value is -1.35. The minimum absolute atomic E-state index is 0.155. The van der Waals surface area contributed by atoms with Gasteiger partial charge < -0.3 is 10.2 Å². The van der Waals surface area contributed by atoms with E-state index in [1.807, 2.05) is 37.0 Å². The highest BCUT2D eigenvalue weighted by Gasteiger charge is 2.12. The van der Waals surface area contributed by atoms with Crippen LogP contribution in [-0.2, 0) is 0 Å². The Morgan fingerprint density at radius 2 is 2.16 bits per heavy atom. The van der Waals surface area contributed by atoms with E-state index in [1.165, 1.54) is 0 Å². The minimum Gasteiger partial charge on any atom is -0.365 e. The first-order valence-electron chi connectivity index (χ1n) is 7.02. The predicted molar refractivity (Wildman–Crippen MR) is 81.2 cm³/mol. The standard InChI is InChI=1S/C16H25FN2/c1-5-10-19(11-6-2)16-9-8-14(12-15(16)17)13(4)18-7-3/h5,8-9,12-13,18H,1,6-7,10-11H2,2-4H3. The number of halogens is 1. The van der Waals surface area contributed by atoms with Crippen LogP contribution < -0.4 is 10.2 Å². The number of benzene rings is 1. The van der Waals surface area contributed by atoms with Gasteiger partial charge in [0.2, 0.25) is 0 Å². The van der Waals surface area contributed by atoms with Gasteiger partial charge in [0.15, 0.2) is 0 Å². The molecule has 3 heteroatoms.